The highest BCUT2D eigenvalue weighted by Gasteiger charge is 2.07. The minimum Gasteiger partial charge on any atom is -0.497 e. The average molecular weight is 276 g/mol. The zero-order valence-electron chi connectivity index (χ0n) is 11.4. The van der Waals surface area contributed by atoms with E-state index in [9.17, 15) is 0 Å². The number of para-hydroxylation sites is 1. The molecule has 0 saturated carbocycles. The van der Waals surface area contributed by atoms with E-state index >= 15 is 0 Å². The van der Waals surface area contributed by atoms with Crippen LogP contribution in [0.2, 0.25) is 0 Å². The van der Waals surface area contributed by atoms with Gasteiger partial charge in [-0.15, -0.1) is 0 Å². The van der Waals surface area contributed by atoms with E-state index in [1.165, 1.54) is 0 Å². The number of rotatable bonds is 3. The first-order chi connectivity index (χ1) is 10.3. The van der Waals surface area contributed by atoms with Crippen LogP contribution in [0.1, 0.15) is 5.82 Å². The fraction of sp³-hybridized carbons (Fsp3) is 0.0625. The fourth-order valence-electron chi connectivity index (χ4n) is 2.06. The Hall–Kier alpha value is -3.13. The van der Waals surface area contributed by atoms with Gasteiger partial charge in [0.05, 0.1) is 12.6 Å². The summed E-state index contributed by atoms with van der Waals surface area (Å²) in [5.41, 5.74) is 1.57. The first-order valence-electron chi connectivity index (χ1n) is 6.38. The Labute approximate surface area is 121 Å². The summed E-state index contributed by atoms with van der Waals surface area (Å²) < 4.78 is 5.20. The van der Waals surface area contributed by atoms with Gasteiger partial charge in [-0.05, 0) is 24.3 Å². The molecule has 5 nitrogen and oxygen atoms in total. The van der Waals surface area contributed by atoms with Crippen molar-refractivity contribution in [1.82, 2.24) is 9.97 Å². The number of nitrogens with one attached hydrogen (secondary N) is 1. The molecule has 0 unspecified atom stereocenters. The fourth-order valence-corrected chi connectivity index (χ4v) is 2.06. The average Bonchev–Trinajstić information content (AvgIpc) is 2.55. The van der Waals surface area contributed by atoms with Gasteiger partial charge < -0.3 is 10.1 Å². The summed E-state index contributed by atoms with van der Waals surface area (Å²) in [6.07, 6.45) is 0. The lowest BCUT2D eigenvalue weighted by Crippen LogP contribution is -1.99. The van der Waals surface area contributed by atoms with Gasteiger partial charge in [0.25, 0.3) is 0 Å². The predicted molar refractivity (Wildman–Crippen MR) is 80.5 cm³/mol. The van der Waals surface area contributed by atoms with Crippen LogP contribution in [0.4, 0.5) is 11.5 Å². The Balaban J connectivity index is 2.09. The third-order valence-electron chi connectivity index (χ3n) is 3.04. The molecule has 3 rings (SSSR count). The minimum atomic E-state index is 0.138. The highest BCUT2D eigenvalue weighted by Crippen LogP contribution is 2.25. The number of fused-ring (bicyclic) bond motifs is 1. The van der Waals surface area contributed by atoms with Crippen molar-refractivity contribution in [2.24, 2.45) is 0 Å². The van der Waals surface area contributed by atoms with Crippen molar-refractivity contribution in [3.63, 3.8) is 0 Å². The van der Waals surface area contributed by atoms with Gasteiger partial charge in [-0.25, -0.2) is 9.97 Å². The van der Waals surface area contributed by atoms with Crippen molar-refractivity contribution in [3.8, 4) is 11.8 Å². The molecular formula is C16H12N4O. The van der Waals surface area contributed by atoms with Gasteiger partial charge in [0.1, 0.15) is 17.6 Å². The van der Waals surface area contributed by atoms with Gasteiger partial charge >= 0.3 is 0 Å². The molecular weight excluding hydrogens is 264 g/mol. The summed E-state index contributed by atoms with van der Waals surface area (Å²) in [5.74, 6) is 1.49. The number of benzene rings is 2. The molecule has 2 aromatic carbocycles. The largest absolute Gasteiger partial charge is 0.497 e. The van der Waals surface area contributed by atoms with Crippen LogP contribution in [0, 0.1) is 11.3 Å². The lowest BCUT2D eigenvalue weighted by atomic mass is 10.2. The van der Waals surface area contributed by atoms with Crippen LogP contribution in [-0.4, -0.2) is 17.1 Å². The first-order valence-corrected chi connectivity index (χ1v) is 6.38. The van der Waals surface area contributed by atoms with Gasteiger partial charge in [0.15, 0.2) is 0 Å². The topological polar surface area (TPSA) is 70.8 Å². The van der Waals surface area contributed by atoms with Gasteiger partial charge in [0, 0.05) is 17.1 Å². The second-order valence-corrected chi connectivity index (χ2v) is 4.38. The Bertz CT molecular complexity index is 839. The normalized spacial score (nSPS) is 10.1. The van der Waals surface area contributed by atoms with Crippen molar-refractivity contribution in [3.05, 3.63) is 54.4 Å². The summed E-state index contributed by atoms with van der Waals surface area (Å²) in [4.78, 5) is 8.44. The van der Waals surface area contributed by atoms with Crippen molar-refractivity contribution in [2.75, 3.05) is 12.4 Å². The molecule has 0 spiro atoms. The van der Waals surface area contributed by atoms with E-state index < -0.39 is 0 Å². The van der Waals surface area contributed by atoms with Crippen LogP contribution in [0.3, 0.4) is 0 Å². The number of hydrogen-bond acceptors (Lipinski definition) is 5. The Morgan fingerprint density at radius 2 is 1.95 bits per heavy atom. The van der Waals surface area contributed by atoms with E-state index in [1.54, 1.807) is 7.11 Å². The lowest BCUT2D eigenvalue weighted by Gasteiger charge is -2.10. The standard InChI is InChI=1S/C16H12N4O/c1-21-12-6-4-5-11(9-12)18-16-13-7-2-3-8-14(13)19-15(10-17)20-16/h2-9H,1H3,(H,18,19,20). The third kappa shape index (κ3) is 2.60. The summed E-state index contributed by atoms with van der Waals surface area (Å²) in [6.45, 7) is 0. The summed E-state index contributed by atoms with van der Waals surface area (Å²) in [7, 11) is 1.62. The van der Waals surface area contributed by atoms with Crippen molar-refractivity contribution in [1.29, 1.82) is 5.26 Å². The molecule has 1 heterocycles. The van der Waals surface area contributed by atoms with Gasteiger partial charge in [0.2, 0.25) is 5.82 Å². The zero-order valence-corrected chi connectivity index (χ0v) is 11.4. The molecule has 1 N–H and O–H groups in total. The number of methoxy groups -OCH3 is 1. The Morgan fingerprint density at radius 1 is 1.10 bits per heavy atom. The number of hydrogen-bond donors (Lipinski definition) is 1. The molecule has 0 atom stereocenters. The number of nitrogens with zero attached hydrogens (tertiary/aromatic N) is 3. The van der Waals surface area contributed by atoms with E-state index in [0.717, 1.165) is 22.3 Å². The molecule has 3 aromatic rings. The zero-order chi connectivity index (χ0) is 14.7. The van der Waals surface area contributed by atoms with Gasteiger partial charge in [-0.3, -0.25) is 0 Å². The van der Waals surface area contributed by atoms with E-state index in [0.29, 0.717) is 5.82 Å². The Kier molecular flexibility index (Phi) is 3.36. The molecule has 0 bridgehead atoms. The molecule has 0 amide bonds. The molecule has 5 heteroatoms. The number of aromatic nitrogens is 2. The van der Waals surface area contributed by atoms with E-state index in [-0.39, 0.29) is 5.82 Å². The first kappa shape index (κ1) is 12.9. The van der Waals surface area contributed by atoms with Crippen LogP contribution >= 0.6 is 0 Å². The van der Waals surface area contributed by atoms with Crippen molar-refractivity contribution in [2.45, 2.75) is 0 Å². The van der Waals surface area contributed by atoms with E-state index in [4.69, 9.17) is 10.00 Å². The minimum absolute atomic E-state index is 0.138. The smallest absolute Gasteiger partial charge is 0.234 e. The SMILES string of the molecule is COc1cccc(Nc2nc(C#N)nc3ccccc23)c1. The summed E-state index contributed by atoms with van der Waals surface area (Å²) in [6, 6.07) is 17.1. The maximum absolute atomic E-state index is 9.05. The monoisotopic (exact) mass is 276 g/mol. The van der Waals surface area contributed by atoms with Gasteiger partial charge in [-0.1, -0.05) is 18.2 Å². The second-order valence-electron chi connectivity index (χ2n) is 4.38. The number of ether oxygens (including phenoxy) is 1. The number of nitriles is 1. The highest BCUT2D eigenvalue weighted by atomic mass is 16.5. The Morgan fingerprint density at radius 3 is 2.76 bits per heavy atom. The maximum Gasteiger partial charge on any atom is 0.234 e. The molecule has 0 aliphatic rings. The summed E-state index contributed by atoms with van der Waals surface area (Å²) >= 11 is 0. The number of anilines is 2. The molecule has 0 saturated heterocycles. The van der Waals surface area contributed by atoms with Crippen molar-refractivity contribution < 1.29 is 4.74 Å². The van der Waals surface area contributed by atoms with E-state index in [1.807, 2.05) is 54.6 Å². The molecule has 21 heavy (non-hydrogen) atoms. The van der Waals surface area contributed by atoms with Crippen LogP contribution in [0.5, 0.6) is 5.75 Å². The molecule has 102 valence electrons. The van der Waals surface area contributed by atoms with Crippen LogP contribution in [0.15, 0.2) is 48.5 Å². The van der Waals surface area contributed by atoms with Crippen LogP contribution in [-0.2, 0) is 0 Å². The molecule has 0 aliphatic carbocycles. The van der Waals surface area contributed by atoms with Crippen LogP contribution < -0.4 is 10.1 Å². The van der Waals surface area contributed by atoms with Crippen molar-refractivity contribution >= 4 is 22.4 Å². The van der Waals surface area contributed by atoms with Gasteiger partial charge in [-0.2, -0.15) is 5.26 Å². The molecule has 1 aromatic heterocycles. The maximum atomic E-state index is 9.05. The third-order valence-corrected chi connectivity index (χ3v) is 3.04. The lowest BCUT2D eigenvalue weighted by molar-refractivity contribution is 0.415. The predicted octanol–water partition coefficient (Wildman–Crippen LogP) is 3.25. The van der Waals surface area contributed by atoms with E-state index in [2.05, 4.69) is 15.3 Å². The molecule has 0 fully saturated rings. The quantitative estimate of drug-likeness (QED) is 0.795. The second kappa shape index (κ2) is 5.47. The van der Waals surface area contributed by atoms with Crippen LogP contribution in [0.25, 0.3) is 10.9 Å². The highest BCUT2D eigenvalue weighted by molar-refractivity contribution is 5.91. The molecule has 0 radical (unpaired) electrons. The summed E-state index contributed by atoms with van der Waals surface area (Å²) in [5, 5.41) is 13.1. The molecule has 0 aliphatic heterocycles.